The lowest BCUT2D eigenvalue weighted by atomic mass is 10.3. The van der Waals surface area contributed by atoms with E-state index in [9.17, 15) is 4.79 Å². The van der Waals surface area contributed by atoms with Gasteiger partial charge >= 0.3 is 5.97 Å². The van der Waals surface area contributed by atoms with Crippen molar-refractivity contribution in [2.45, 2.75) is 13.3 Å². The van der Waals surface area contributed by atoms with Crippen LogP contribution in [0, 0.1) is 6.92 Å². The number of carbonyl (C=O) groups is 1. The zero-order valence-electron chi connectivity index (χ0n) is 9.14. The van der Waals surface area contributed by atoms with Crippen LogP contribution in [0.2, 0.25) is 0 Å². The molecule has 90 valence electrons. The van der Waals surface area contributed by atoms with Crippen LogP contribution < -0.4 is 5.32 Å². The molecule has 2 heterocycles. The number of aryl methyl sites for hydroxylation is 1. The first-order chi connectivity index (χ1) is 8.16. The smallest absolute Gasteiger partial charge is 0.357 e. The molecule has 0 spiro atoms. The van der Waals surface area contributed by atoms with Crippen LogP contribution in [-0.4, -0.2) is 27.6 Å². The standard InChI is InChI=1S/C10H11N3O2S2/c1-6-13-7(4-16-6)2-3-11-9-8(10(14)15)12-5-17-9/h4-5,11H,2-3H2,1H3,(H,14,15). The molecular weight excluding hydrogens is 258 g/mol. The van der Waals surface area contributed by atoms with Gasteiger partial charge in [0, 0.05) is 18.3 Å². The van der Waals surface area contributed by atoms with Gasteiger partial charge in [0.1, 0.15) is 5.00 Å². The van der Waals surface area contributed by atoms with E-state index in [-0.39, 0.29) is 5.69 Å². The van der Waals surface area contributed by atoms with Crippen LogP contribution in [0.3, 0.4) is 0 Å². The zero-order chi connectivity index (χ0) is 12.3. The Kier molecular flexibility index (Phi) is 3.70. The van der Waals surface area contributed by atoms with Crippen molar-refractivity contribution in [3.8, 4) is 0 Å². The molecule has 0 amide bonds. The third-order valence-electron chi connectivity index (χ3n) is 2.10. The molecule has 0 unspecified atom stereocenters. The number of rotatable bonds is 5. The highest BCUT2D eigenvalue weighted by Gasteiger charge is 2.12. The van der Waals surface area contributed by atoms with E-state index in [2.05, 4.69) is 15.3 Å². The summed E-state index contributed by atoms with van der Waals surface area (Å²) >= 11 is 2.91. The van der Waals surface area contributed by atoms with Gasteiger partial charge in [-0.1, -0.05) is 0 Å². The van der Waals surface area contributed by atoms with Gasteiger partial charge in [-0.05, 0) is 6.92 Å². The molecule has 0 radical (unpaired) electrons. The minimum Gasteiger partial charge on any atom is -0.476 e. The predicted octanol–water partition coefficient (Wildman–Crippen LogP) is 2.26. The number of carboxylic acids is 1. The van der Waals surface area contributed by atoms with Gasteiger partial charge in [-0.25, -0.2) is 14.8 Å². The van der Waals surface area contributed by atoms with E-state index in [1.165, 1.54) is 16.8 Å². The highest BCUT2D eigenvalue weighted by Crippen LogP contribution is 2.20. The van der Waals surface area contributed by atoms with E-state index in [4.69, 9.17) is 5.11 Å². The maximum Gasteiger partial charge on any atom is 0.357 e. The number of aromatic nitrogens is 2. The fourth-order valence-electron chi connectivity index (χ4n) is 1.35. The molecule has 0 saturated heterocycles. The Hall–Kier alpha value is -1.47. The van der Waals surface area contributed by atoms with E-state index < -0.39 is 5.97 Å². The van der Waals surface area contributed by atoms with Gasteiger partial charge in [-0.3, -0.25) is 0 Å². The summed E-state index contributed by atoms with van der Waals surface area (Å²) < 4.78 is 0. The number of hydrogen-bond acceptors (Lipinski definition) is 6. The first-order valence-electron chi connectivity index (χ1n) is 4.98. The normalized spacial score (nSPS) is 10.4. The Bertz CT molecular complexity index is 521. The molecule has 7 heteroatoms. The largest absolute Gasteiger partial charge is 0.476 e. The molecule has 0 fully saturated rings. The molecule has 0 bridgehead atoms. The number of aromatic carboxylic acids is 1. The summed E-state index contributed by atoms with van der Waals surface area (Å²) in [7, 11) is 0. The minimum atomic E-state index is -1.00. The van der Waals surface area contributed by atoms with Crippen LogP contribution in [0.5, 0.6) is 0 Å². The third kappa shape index (κ3) is 3.01. The molecule has 0 saturated carbocycles. The maximum absolute atomic E-state index is 10.8. The molecule has 0 aliphatic rings. The van der Waals surface area contributed by atoms with E-state index in [1.807, 2.05) is 12.3 Å². The van der Waals surface area contributed by atoms with Crippen molar-refractivity contribution in [3.05, 3.63) is 27.3 Å². The van der Waals surface area contributed by atoms with Gasteiger partial charge in [-0.2, -0.15) is 0 Å². The average molecular weight is 269 g/mol. The van der Waals surface area contributed by atoms with Crippen LogP contribution in [0.15, 0.2) is 10.9 Å². The van der Waals surface area contributed by atoms with Crippen LogP contribution in [0.4, 0.5) is 5.00 Å². The van der Waals surface area contributed by atoms with E-state index in [1.54, 1.807) is 11.3 Å². The van der Waals surface area contributed by atoms with E-state index in [0.29, 0.717) is 11.5 Å². The van der Waals surface area contributed by atoms with Crippen molar-refractivity contribution in [3.63, 3.8) is 0 Å². The Morgan fingerprint density at radius 3 is 3.00 bits per heavy atom. The summed E-state index contributed by atoms with van der Waals surface area (Å²) in [5, 5.41) is 15.6. The summed E-state index contributed by atoms with van der Waals surface area (Å²) in [4.78, 5) is 18.9. The molecule has 0 aromatic carbocycles. The lowest BCUT2D eigenvalue weighted by Gasteiger charge is -2.02. The number of nitrogens with zero attached hydrogens (tertiary/aromatic N) is 2. The van der Waals surface area contributed by atoms with Crippen molar-refractivity contribution in [2.75, 3.05) is 11.9 Å². The SMILES string of the molecule is Cc1nc(CCNc2scnc2C(=O)O)cs1. The first-order valence-corrected chi connectivity index (χ1v) is 6.74. The fourth-order valence-corrected chi connectivity index (χ4v) is 2.70. The fraction of sp³-hybridized carbons (Fsp3) is 0.300. The lowest BCUT2D eigenvalue weighted by molar-refractivity contribution is 0.0692. The Morgan fingerprint density at radius 1 is 1.53 bits per heavy atom. The van der Waals surface area contributed by atoms with Gasteiger partial charge in [0.15, 0.2) is 5.69 Å². The monoisotopic (exact) mass is 269 g/mol. The van der Waals surface area contributed by atoms with Gasteiger partial charge in [0.2, 0.25) is 0 Å². The average Bonchev–Trinajstić information content (AvgIpc) is 2.87. The zero-order valence-corrected chi connectivity index (χ0v) is 10.8. The highest BCUT2D eigenvalue weighted by atomic mass is 32.1. The Morgan fingerprint density at radius 2 is 2.35 bits per heavy atom. The van der Waals surface area contributed by atoms with Crippen molar-refractivity contribution in [1.82, 2.24) is 9.97 Å². The summed E-state index contributed by atoms with van der Waals surface area (Å²) in [6, 6.07) is 0. The third-order valence-corrected chi connectivity index (χ3v) is 3.71. The predicted molar refractivity (Wildman–Crippen MR) is 68.1 cm³/mol. The summed E-state index contributed by atoms with van der Waals surface area (Å²) in [5.41, 5.74) is 2.64. The van der Waals surface area contributed by atoms with Crippen molar-refractivity contribution in [1.29, 1.82) is 0 Å². The first kappa shape index (κ1) is 12.0. The number of thiazole rings is 2. The number of carboxylic acid groups (broad SMARTS) is 1. The van der Waals surface area contributed by atoms with Crippen LogP contribution in [-0.2, 0) is 6.42 Å². The van der Waals surface area contributed by atoms with Crippen molar-refractivity contribution >= 4 is 33.6 Å². The second-order valence-electron chi connectivity index (χ2n) is 3.37. The molecule has 5 nitrogen and oxygen atoms in total. The molecule has 2 rings (SSSR count). The molecule has 17 heavy (non-hydrogen) atoms. The highest BCUT2D eigenvalue weighted by molar-refractivity contribution is 7.14. The number of hydrogen-bond donors (Lipinski definition) is 2. The minimum absolute atomic E-state index is 0.0875. The molecule has 0 aliphatic carbocycles. The quantitative estimate of drug-likeness (QED) is 0.870. The van der Waals surface area contributed by atoms with Gasteiger partial charge in [-0.15, -0.1) is 22.7 Å². The summed E-state index contributed by atoms with van der Waals surface area (Å²) in [5.74, 6) is -1.00. The van der Waals surface area contributed by atoms with Gasteiger partial charge < -0.3 is 10.4 Å². The molecule has 0 atom stereocenters. The van der Waals surface area contributed by atoms with Crippen LogP contribution in [0.25, 0.3) is 0 Å². The number of anilines is 1. The van der Waals surface area contributed by atoms with Gasteiger partial charge in [0.05, 0.1) is 16.2 Å². The summed E-state index contributed by atoms with van der Waals surface area (Å²) in [6.45, 7) is 2.62. The Labute approximate surface area is 106 Å². The second-order valence-corrected chi connectivity index (χ2v) is 5.29. The Balaban J connectivity index is 1.90. The van der Waals surface area contributed by atoms with E-state index in [0.717, 1.165) is 17.1 Å². The van der Waals surface area contributed by atoms with E-state index >= 15 is 0 Å². The molecular formula is C10H11N3O2S2. The number of nitrogens with one attached hydrogen (secondary N) is 1. The molecule has 2 aromatic heterocycles. The topological polar surface area (TPSA) is 75.1 Å². The molecule has 2 N–H and O–H groups in total. The second kappa shape index (κ2) is 5.24. The van der Waals surface area contributed by atoms with Gasteiger partial charge in [0.25, 0.3) is 0 Å². The lowest BCUT2D eigenvalue weighted by Crippen LogP contribution is -2.08. The van der Waals surface area contributed by atoms with Crippen LogP contribution >= 0.6 is 22.7 Å². The van der Waals surface area contributed by atoms with Crippen molar-refractivity contribution < 1.29 is 9.90 Å². The van der Waals surface area contributed by atoms with Crippen LogP contribution in [0.1, 0.15) is 21.2 Å². The summed E-state index contributed by atoms with van der Waals surface area (Å²) in [6.07, 6.45) is 0.779. The van der Waals surface area contributed by atoms with Crippen molar-refractivity contribution in [2.24, 2.45) is 0 Å². The molecule has 0 aliphatic heterocycles. The maximum atomic E-state index is 10.8. The molecule has 2 aromatic rings.